The Kier molecular flexibility index (Phi) is 5.14. The zero-order chi connectivity index (χ0) is 20.7. The maximum atomic E-state index is 13.2. The number of nitrogens with one attached hydrogen (secondary N) is 1. The van der Waals surface area contributed by atoms with E-state index >= 15 is 0 Å². The first-order valence-electron chi connectivity index (χ1n) is 9.98. The molecule has 29 heavy (non-hydrogen) atoms. The number of hydrazone groups is 1. The van der Waals surface area contributed by atoms with Crippen LogP contribution >= 0.6 is 0 Å². The summed E-state index contributed by atoms with van der Waals surface area (Å²) in [6.07, 6.45) is 3.07. The maximum absolute atomic E-state index is 13.2. The largest absolute Gasteiger partial charge is 0.328 e. The van der Waals surface area contributed by atoms with Gasteiger partial charge in [-0.3, -0.25) is 20.0 Å². The molecule has 0 saturated carbocycles. The molecule has 154 valence electrons. The number of carbonyl (C=O) groups is 2. The van der Waals surface area contributed by atoms with Crippen LogP contribution in [-0.2, 0) is 11.3 Å². The third-order valence-electron chi connectivity index (χ3n) is 5.74. The third kappa shape index (κ3) is 3.42. The van der Waals surface area contributed by atoms with E-state index in [1.54, 1.807) is 11.9 Å². The van der Waals surface area contributed by atoms with Gasteiger partial charge in [0.25, 0.3) is 5.91 Å². The van der Waals surface area contributed by atoms with E-state index in [9.17, 15) is 9.59 Å². The summed E-state index contributed by atoms with van der Waals surface area (Å²) < 4.78 is 0. The molecule has 8 nitrogen and oxygen atoms in total. The molecule has 2 fully saturated rings. The number of rotatable bonds is 4. The SMILES string of the molecule is C/C=C/CN1C(=O)C2C(NC3N(Cc4ccc(C)cc4)N=C(C)CN23)N(C)C1=O. The molecule has 3 heterocycles. The van der Waals surface area contributed by atoms with Gasteiger partial charge >= 0.3 is 6.03 Å². The lowest BCUT2D eigenvalue weighted by Crippen LogP contribution is -2.66. The van der Waals surface area contributed by atoms with Crippen LogP contribution in [0.25, 0.3) is 0 Å². The lowest BCUT2D eigenvalue weighted by molar-refractivity contribution is -0.138. The molecule has 3 aliphatic heterocycles. The highest BCUT2D eigenvalue weighted by Crippen LogP contribution is 2.30. The third-order valence-corrected chi connectivity index (χ3v) is 5.74. The summed E-state index contributed by atoms with van der Waals surface area (Å²) in [6.45, 7) is 7.43. The molecule has 0 spiro atoms. The summed E-state index contributed by atoms with van der Waals surface area (Å²) in [5, 5.41) is 10.2. The van der Waals surface area contributed by atoms with E-state index in [1.807, 2.05) is 31.0 Å². The highest BCUT2D eigenvalue weighted by atomic mass is 16.2. The van der Waals surface area contributed by atoms with Gasteiger partial charge in [0, 0.05) is 25.8 Å². The Morgan fingerprint density at radius 1 is 1.21 bits per heavy atom. The molecule has 3 unspecified atom stereocenters. The summed E-state index contributed by atoms with van der Waals surface area (Å²) in [7, 11) is 1.75. The molecule has 1 N–H and O–H groups in total. The first-order chi connectivity index (χ1) is 13.9. The normalized spacial score (nSPS) is 27.5. The minimum absolute atomic E-state index is 0.156. The van der Waals surface area contributed by atoms with Crippen molar-refractivity contribution in [2.75, 3.05) is 20.1 Å². The Hall–Kier alpha value is -2.71. The standard InChI is InChI=1S/C21H28N6O2/c1-5-6-11-25-19(28)17-18(24(4)21(25)29)22-20-26(17)12-15(3)23-27(20)13-16-9-7-14(2)8-10-16/h5-10,17-18,20,22H,11-13H2,1-4H3/b6-5+. The van der Waals surface area contributed by atoms with Crippen LogP contribution in [0, 0.1) is 6.92 Å². The minimum Gasteiger partial charge on any atom is -0.310 e. The van der Waals surface area contributed by atoms with E-state index in [0.717, 1.165) is 11.3 Å². The Morgan fingerprint density at radius 2 is 1.93 bits per heavy atom. The lowest BCUT2D eigenvalue weighted by Gasteiger charge is -2.42. The van der Waals surface area contributed by atoms with Crippen molar-refractivity contribution < 1.29 is 9.59 Å². The number of hydrogen-bond acceptors (Lipinski definition) is 6. The number of aryl methyl sites for hydroxylation is 1. The predicted molar refractivity (Wildman–Crippen MR) is 111 cm³/mol. The zero-order valence-electron chi connectivity index (χ0n) is 17.4. The average molecular weight is 396 g/mol. The van der Waals surface area contributed by atoms with Crippen LogP contribution in [0.3, 0.4) is 0 Å². The molecule has 0 radical (unpaired) electrons. The molecule has 1 aromatic rings. The lowest BCUT2D eigenvalue weighted by atomic mass is 10.1. The Morgan fingerprint density at radius 3 is 2.62 bits per heavy atom. The Bertz CT molecular complexity index is 864. The van der Waals surface area contributed by atoms with Gasteiger partial charge in [0.1, 0.15) is 12.2 Å². The summed E-state index contributed by atoms with van der Waals surface area (Å²) in [5.41, 5.74) is 3.31. The fourth-order valence-corrected chi connectivity index (χ4v) is 4.23. The van der Waals surface area contributed by atoms with Crippen molar-refractivity contribution in [1.82, 2.24) is 25.0 Å². The number of likely N-dealkylation sites (N-methyl/N-ethyl adjacent to an activating group) is 1. The fraction of sp³-hybridized carbons (Fsp3) is 0.476. The van der Waals surface area contributed by atoms with Gasteiger partial charge in [0.15, 0.2) is 6.29 Å². The number of imide groups is 1. The summed E-state index contributed by atoms with van der Waals surface area (Å²) in [6, 6.07) is 7.67. The fourth-order valence-electron chi connectivity index (χ4n) is 4.23. The molecule has 0 aliphatic carbocycles. The summed E-state index contributed by atoms with van der Waals surface area (Å²) in [4.78, 5) is 31.1. The number of allylic oxidation sites excluding steroid dienone is 1. The highest BCUT2D eigenvalue weighted by Gasteiger charge is 2.56. The van der Waals surface area contributed by atoms with Crippen LogP contribution in [0.5, 0.6) is 0 Å². The van der Waals surface area contributed by atoms with Crippen molar-refractivity contribution in [3.8, 4) is 0 Å². The van der Waals surface area contributed by atoms with Crippen molar-refractivity contribution >= 4 is 17.6 Å². The van der Waals surface area contributed by atoms with Gasteiger partial charge in [-0.25, -0.2) is 9.69 Å². The number of nitrogens with zero attached hydrogens (tertiary/aromatic N) is 5. The maximum Gasteiger partial charge on any atom is 0.328 e. The van der Waals surface area contributed by atoms with E-state index < -0.39 is 6.04 Å². The Balaban J connectivity index is 1.61. The Labute approximate surface area is 171 Å². The first-order valence-corrected chi connectivity index (χ1v) is 9.98. The molecular weight excluding hydrogens is 368 g/mol. The van der Waals surface area contributed by atoms with E-state index in [-0.39, 0.29) is 24.4 Å². The van der Waals surface area contributed by atoms with Gasteiger partial charge in [0.05, 0.1) is 6.54 Å². The van der Waals surface area contributed by atoms with E-state index in [0.29, 0.717) is 19.6 Å². The smallest absolute Gasteiger partial charge is 0.310 e. The molecule has 1 aromatic carbocycles. The van der Waals surface area contributed by atoms with Crippen molar-refractivity contribution in [2.45, 2.75) is 45.8 Å². The number of carbonyl (C=O) groups excluding carboxylic acids is 2. The van der Waals surface area contributed by atoms with Gasteiger partial charge < -0.3 is 4.90 Å². The van der Waals surface area contributed by atoms with E-state index in [1.165, 1.54) is 10.5 Å². The number of fused-ring (bicyclic) bond motifs is 3. The molecule has 3 amide bonds. The number of amides is 3. The van der Waals surface area contributed by atoms with Gasteiger partial charge in [0.2, 0.25) is 0 Å². The van der Waals surface area contributed by atoms with Gasteiger partial charge in [-0.1, -0.05) is 42.0 Å². The molecule has 3 atom stereocenters. The van der Waals surface area contributed by atoms with Gasteiger partial charge in [-0.2, -0.15) is 5.10 Å². The van der Waals surface area contributed by atoms with Crippen LogP contribution in [0.1, 0.15) is 25.0 Å². The molecule has 3 aliphatic rings. The van der Waals surface area contributed by atoms with Gasteiger partial charge in [-0.15, -0.1) is 0 Å². The second-order valence-electron chi connectivity index (χ2n) is 7.93. The van der Waals surface area contributed by atoms with Crippen LogP contribution < -0.4 is 5.32 Å². The predicted octanol–water partition coefficient (Wildman–Crippen LogP) is 1.54. The number of benzene rings is 1. The second-order valence-corrected chi connectivity index (χ2v) is 7.93. The number of urea groups is 1. The van der Waals surface area contributed by atoms with Crippen molar-refractivity contribution in [2.24, 2.45) is 5.10 Å². The zero-order valence-corrected chi connectivity index (χ0v) is 17.4. The van der Waals surface area contributed by atoms with Crippen LogP contribution in [0.15, 0.2) is 41.5 Å². The van der Waals surface area contributed by atoms with Crippen molar-refractivity contribution in [3.63, 3.8) is 0 Å². The summed E-state index contributed by atoms with van der Waals surface area (Å²) in [5.74, 6) is -0.156. The topological polar surface area (TPSA) is 71.5 Å². The minimum atomic E-state index is -0.432. The van der Waals surface area contributed by atoms with Crippen LogP contribution in [-0.4, -0.2) is 76.0 Å². The molecule has 2 saturated heterocycles. The second kappa shape index (κ2) is 7.61. The highest BCUT2D eigenvalue weighted by molar-refractivity contribution is 6.01. The quantitative estimate of drug-likeness (QED) is 0.782. The molecule has 4 rings (SSSR count). The van der Waals surface area contributed by atoms with Crippen LogP contribution in [0.2, 0.25) is 0 Å². The van der Waals surface area contributed by atoms with E-state index in [4.69, 9.17) is 5.10 Å². The monoisotopic (exact) mass is 396 g/mol. The average Bonchev–Trinajstić information content (AvgIpc) is 3.08. The number of hydrogen-bond donors (Lipinski definition) is 1. The van der Waals surface area contributed by atoms with Gasteiger partial charge in [-0.05, 0) is 26.3 Å². The molecule has 0 bridgehead atoms. The molecular formula is C21H28N6O2. The van der Waals surface area contributed by atoms with Crippen molar-refractivity contribution in [1.29, 1.82) is 0 Å². The first kappa shape index (κ1) is 19.6. The van der Waals surface area contributed by atoms with Crippen molar-refractivity contribution in [3.05, 3.63) is 47.5 Å². The molecule has 0 aromatic heterocycles. The molecule has 8 heteroatoms. The van der Waals surface area contributed by atoms with Crippen LogP contribution in [0.4, 0.5) is 4.79 Å². The van der Waals surface area contributed by atoms with E-state index in [2.05, 4.69) is 41.4 Å². The summed E-state index contributed by atoms with van der Waals surface area (Å²) >= 11 is 0.